The van der Waals surface area contributed by atoms with Crippen LogP contribution in [0, 0.1) is 0 Å². The van der Waals surface area contributed by atoms with Crippen LogP contribution in [-0.2, 0) is 31.3 Å². The van der Waals surface area contributed by atoms with Crippen LogP contribution in [0.15, 0.2) is 41.3 Å². The number of hydrogen-bond donors (Lipinski definition) is 0. The molecule has 174 valence electrons. The van der Waals surface area contributed by atoms with Crippen molar-refractivity contribution in [3.8, 4) is 5.75 Å². The van der Waals surface area contributed by atoms with Crippen LogP contribution in [0.4, 0.5) is 11.4 Å². The molecule has 0 unspecified atom stereocenters. The highest BCUT2D eigenvalue weighted by molar-refractivity contribution is 7.92. The van der Waals surface area contributed by atoms with Crippen LogP contribution in [0.25, 0.3) is 0 Å². The van der Waals surface area contributed by atoms with Crippen molar-refractivity contribution in [1.29, 1.82) is 0 Å². The van der Waals surface area contributed by atoms with Gasteiger partial charge in [-0.3, -0.25) is 9.10 Å². The quantitative estimate of drug-likeness (QED) is 0.574. The van der Waals surface area contributed by atoms with E-state index in [9.17, 15) is 21.6 Å². The standard InChI is InChI=1S/C20H24ClN3O6S2/c1-22(2)32(28,29)16-6-7-18-14(11-16)9-10-23(18)20(25)13-24(31(4,26)27)15-5-8-19(30-3)17(21)12-15/h5-8,11-12H,9-10,13H2,1-4H3. The number of fused-ring (bicyclic) bond motifs is 1. The first-order valence-electron chi connectivity index (χ1n) is 9.53. The van der Waals surface area contributed by atoms with E-state index in [4.69, 9.17) is 16.3 Å². The molecule has 32 heavy (non-hydrogen) atoms. The summed E-state index contributed by atoms with van der Waals surface area (Å²) in [6.45, 7) is -0.112. The fourth-order valence-electron chi connectivity index (χ4n) is 3.43. The van der Waals surface area contributed by atoms with E-state index in [1.54, 1.807) is 12.1 Å². The lowest BCUT2D eigenvalue weighted by Crippen LogP contribution is -2.42. The van der Waals surface area contributed by atoms with Crippen LogP contribution in [0.3, 0.4) is 0 Å². The van der Waals surface area contributed by atoms with Crippen molar-refractivity contribution in [2.45, 2.75) is 11.3 Å². The Labute approximate surface area is 193 Å². The van der Waals surface area contributed by atoms with Gasteiger partial charge in [-0.1, -0.05) is 11.6 Å². The number of amides is 1. The molecule has 2 aromatic carbocycles. The van der Waals surface area contributed by atoms with Crippen LogP contribution < -0.4 is 13.9 Å². The summed E-state index contributed by atoms with van der Waals surface area (Å²) in [6, 6.07) is 9.02. The molecule has 3 rings (SSSR count). The van der Waals surface area contributed by atoms with Crippen LogP contribution in [0.2, 0.25) is 5.02 Å². The highest BCUT2D eigenvalue weighted by Crippen LogP contribution is 2.33. The van der Waals surface area contributed by atoms with Gasteiger partial charge in [0.2, 0.25) is 26.0 Å². The van der Waals surface area contributed by atoms with Gasteiger partial charge < -0.3 is 9.64 Å². The van der Waals surface area contributed by atoms with Gasteiger partial charge in [0.25, 0.3) is 0 Å². The third-order valence-electron chi connectivity index (χ3n) is 5.13. The Bertz CT molecular complexity index is 1260. The lowest BCUT2D eigenvalue weighted by molar-refractivity contribution is -0.117. The number of methoxy groups -OCH3 is 1. The summed E-state index contributed by atoms with van der Waals surface area (Å²) in [5.41, 5.74) is 1.51. The summed E-state index contributed by atoms with van der Waals surface area (Å²) in [4.78, 5) is 14.7. The third-order valence-corrected chi connectivity index (χ3v) is 8.38. The van der Waals surface area contributed by atoms with Crippen molar-refractivity contribution in [1.82, 2.24) is 4.31 Å². The maximum atomic E-state index is 13.1. The minimum atomic E-state index is -3.79. The van der Waals surface area contributed by atoms with Gasteiger partial charge >= 0.3 is 0 Å². The lowest BCUT2D eigenvalue weighted by Gasteiger charge is -2.26. The predicted molar refractivity (Wildman–Crippen MR) is 124 cm³/mol. The van der Waals surface area contributed by atoms with Gasteiger partial charge in [-0.15, -0.1) is 0 Å². The van der Waals surface area contributed by atoms with Crippen LogP contribution in [0.1, 0.15) is 5.56 Å². The molecule has 0 aliphatic carbocycles. The van der Waals surface area contributed by atoms with Gasteiger partial charge in [-0.25, -0.2) is 21.1 Å². The van der Waals surface area contributed by atoms with E-state index in [1.807, 2.05) is 0 Å². The Morgan fingerprint density at radius 3 is 2.38 bits per heavy atom. The summed E-state index contributed by atoms with van der Waals surface area (Å²) < 4.78 is 56.8. The number of carbonyl (C=O) groups is 1. The number of hydrogen-bond acceptors (Lipinski definition) is 6. The third kappa shape index (κ3) is 4.70. The average molecular weight is 502 g/mol. The molecule has 0 radical (unpaired) electrons. The summed E-state index contributed by atoms with van der Waals surface area (Å²) in [6.07, 6.45) is 1.47. The summed E-state index contributed by atoms with van der Waals surface area (Å²) in [7, 11) is -3.05. The first-order chi connectivity index (χ1) is 14.9. The van der Waals surface area contributed by atoms with Gasteiger partial charge in [-0.05, 0) is 48.4 Å². The molecule has 12 heteroatoms. The normalized spacial score (nSPS) is 13.9. The summed E-state index contributed by atoms with van der Waals surface area (Å²) in [5.74, 6) is -0.0588. The molecule has 0 bridgehead atoms. The van der Waals surface area contributed by atoms with E-state index in [1.165, 1.54) is 50.4 Å². The SMILES string of the molecule is COc1ccc(N(CC(=O)N2CCc3cc(S(=O)(=O)N(C)C)ccc32)S(C)(=O)=O)cc1Cl. The van der Waals surface area contributed by atoms with Gasteiger partial charge in [-0.2, -0.15) is 0 Å². The number of nitrogens with zero attached hydrogens (tertiary/aromatic N) is 3. The maximum absolute atomic E-state index is 13.1. The van der Waals surface area contributed by atoms with E-state index < -0.39 is 32.5 Å². The summed E-state index contributed by atoms with van der Waals surface area (Å²) in [5, 5.41) is 0.215. The molecule has 0 aromatic heterocycles. The largest absolute Gasteiger partial charge is 0.495 e. The van der Waals surface area contributed by atoms with E-state index >= 15 is 0 Å². The van der Waals surface area contributed by atoms with Crippen LogP contribution in [0.5, 0.6) is 5.75 Å². The Morgan fingerprint density at radius 1 is 1.12 bits per heavy atom. The molecule has 0 fully saturated rings. The van der Waals surface area contributed by atoms with E-state index in [2.05, 4.69) is 0 Å². The number of benzene rings is 2. The zero-order valence-corrected chi connectivity index (χ0v) is 20.5. The zero-order chi connectivity index (χ0) is 23.8. The minimum Gasteiger partial charge on any atom is -0.495 e. The van der Waals surface area contributed by atoms with Crippen LogP contribution >= 0.6 is 11.6 Å². The molecule has 0 atom stereocenters. The Hall–Kier alpha value is -2.34. The number of ether oxygens (including phenoxy) is 1. The monoisotopic (exact) mass is 501 g/mol. The zero-order valence-electron chi connectivity index (χ0n) is 18.1. The van der Waals surface area contributed by atoms with Crippen molar-refractivity contribution in [2.75, 3.05) is 49.8 Å². The highest BCUT2D eigenvalue weighted by atomic mass is 35.5. The van der Waals surface area contributed by atoms with E-state index in [-0.39, 0.29) is 15.6 Å². The van der Waals surface area contributed by atoms with E-state index in [0.29, 0.717) is 30.0 Å². The smallest absolute Gasteiger partial charge is 0.247 e. The second kappa shape index (κ2) is 8.89. The van der Waals surface area contributed by atoms with Gasteiger partial charge in [0.15, 0.2) is 0 Å². The molecule has 9 nitrogen and oxygen atoms in total. The number of carbonyl (C=O) groups excluding carboxylic acids is 1. The fraction of sp³-hybridized carbons (Fsp3) is 0.350. The number of rotatable bonds is 7. The number of sulfonamides is 2. The van der Waals surface area contributed by atoms with Crippen molar-refractivity contribution in [3.63, 3.8) is 0 Å². The Morgan fingerprint density at radius 2 is 1.81 bits per heavy atom. The van der Waals surface area contributed by atoms with E-state index in [0.717, 1.165) is 14.9 Å². The second-order valence-corrected chi connectivity index (χ2v) is 11.9. The second-order valence-electron chi connectivity index (χ2n) is 7.46. The number of anilines is 2. The molecule has 1 aliphatic heterocycles. The van der Waals surface area contributed by atoms with Gasteiger partial charge in [0.1, 0.15) is 12.3 Å². The molecule has 0 N–H and O–H groups in total. The fourth-order valence-corrected chi connectivity index (χ4v) is 5.47. The molecule has 0 saturated heterocycles. The molecule has 0 spiro atoms. The summed E-state index contributed by atoms with van der Waals surface area (Å²) >= 11 is 6.13. The molecular formula is C20H24ClN3O6S2. The average Bonchev–Trinajstić information content (AvgIpc) is 3.14. The Balaban J connectivity index is 1.89. The molecular weight excluding hydrogens is 478 g/mol. The van der Waals surface area contributed by atoms with Crippen molar-refractivity contribution in [2.24, 2.45) is 0 Å². The molecule has 0 saturated carbocycles. The molecule has 1 aliphatic rings. The highest BCUT2D eigenvalue weighted by Gasteiger charge is 2.30. The topological polar surface area (TPSA) is 104 Å². The van der Waals surface area contributed by atoms with Gasteiger partial charge in [0, 0.05) is 26.3 Å². The first kappa shape index (κ1) is 24.3. The Kier molecular flexibility index (Phi) is 6.75. The number of halogens is 1. The van der Waals surface area contributed by atoms with Crippen molar-refractivity contribution >= 4 is 48.9 Å². The maximum Gasteiger partial charge on any atom is 0.247 e. The first-order valence-corrected chi connectivity index (χ1v) is 13.2. The molecule has 2 aromatic rings. The lowest BCUT2D eigenvalue weighted by atomic mass is 10.2. The molecule has 1 amide bonds. The van der Waals surface area contributed by atoms with Crippen molar-refractivity contribution < 1.29 is 26.4 Å². The van der Waals surface area contributed by atoms with Crippen LogP contribution in [-0.4, -0.2) is 67.6 Å². The minimum absolute atomic E-state index is 0.140. The molecule has 1 heterocycles. The predicted octanol–water partition coefficient (Wildman–Crippen LogP) is 1.95. The van der Waals surface area contributed by atoms with Crippen molar-refractivity contribution in [3.05, 3.63) is 47.0 Å². The van der Waals surface area contributed by atoms with Gasteiger partial charge in [0.05, 0.1) is 29.0 Å².